The summed E-state index contributed by atoms with van der Waals surface area (Å²) < 4.78 is 5.58. The maximum atomic E-state index is 11.0. The summed E-state index contributed by atoms with van der Waals surface area (Å²) in [5, 5.41) is 9.84. The molecule has 0 aromatic heterocycles. The van der Waals surface area contributed by atoms with Crippen molar-refractivity contribution in [3.8, 4) is 0 Å². The third-order valence-corrected chi connectivity index (χ3v) is 3.33. The van der Waals surface area contributed by atoms with E-state index in [2.05, 4.69) is 13.8 Å². The lowest BCUT2D eigenvalue weighted by Gasteiger charge is -2.20. The minimum absolute atomic E-state index is 0.0631. The van der Waals surface area contributed by atoms with Crippen LogP contribution in [0.5, 0.6) is 0 Å². The molecule has 0 aromatic rings. The maximum absolute atomic E-state index is 11.0. The van der Waals surface area contributed by atoms with Crippen LogP contribution in [0.15, 0.2) is 0 Å². The van der Waals surface area contributed by atoms with Crippen LogP contribution in [0.4, 0.5) is 0 Å². The molecule has 1 fully saturated rings. The fourth-order valence-corrected chi connectivity index (χ4v) is 2.26. The normalized spacial score (nSPS) is 26.9. The number of aliphatic hydroxyl groups is 1. The van der Waals surface area contributed by atoms with Gasteiger partial charge in [0.2, 0.25) is 0 Å². The molecule has 3 heteroatoms. The number of hydrogen-bond acceptors (Lipinski definition) is 3. The van der Waals surface area contributed by atoms with Crippen molar-refractivity contribution in [2.24, 2.45) is 11.8 Å². The summed E-state index contributed by atoms with van der Waals surface area (Å²) >= 11 is 0. The monoisotopic (exact) mass is 228 g/mol. The van der Waals surface area contributed by atoms with Gasteiger partial charge in [0, 0.05) is 6.42 Å². The van der Waals surface area contributed by atoms with Crippen molar-refractivity contribution in [3.63, 3.8) is 0 Å². The second-order valence-corrected chi connectivity index (χ2v) is 5.82. The number of epoxide rings is 1. The van der Waals surface area contributed by atoms with Crippen LogP contribution in [-0.2, 0) is 9.53 Å². The van der Waals surface area contributed by atoms with Crippen LogP contribution in [0, 0.1) is 11.8 Å². The molecule has 1 N–H and O–H groups in total. The molecule has 3 nitrogen and oxygen atoms in total. The Bertz CT molecular complexity index is 252. The average Bonchev–Trinajstić information content (AvgIpc) is 2.81. The Balaban J connectivity index is 2.51. The smallest absolute Gasteiger partial charge is 0.129 e. The molecule has 0 aliphatic carbocycles. The Morgan fingerprint density at radius 3 is 2.31 bits per heavy atom. The highest BCUT2D eigenvalue weighted by molar-refractivity contribution is 5.75. The number of ether oxygens (including phenoxy) is 1. The van der Waals surface area contributed by atoms with Gasteiger partial charge in [-0.3, -0.25) is 0 Å². The van der Waals surface area contributed by atoms with E-state index in [1.165, 1.54) is 0 Å². The molecule has 0 bridgehead atoms. The second-order valence-electron chi connectivity index (χ2n) is 5.82. The first-order valence-corrected chi connectivity index (χ1v) is 6.10. The highest BCUT2D eigenvalue weighted by Crippen LogP contribution is 2.41. The summed E-state index contributed by atoms with van der Waals surface area (Å²) in [6, 6.07) is 0. The molecular formula is C13H24O3. The van der Waals surface area contributed by atoms with Gasteiger partial charge in [-0.15, -0.1) is 0 Å². The van der Waals surface area contributed by atoms with Crippen molar-refractivity contribution < 1.29 is 14.6 Å². The lowest BCUT2D eigenvalue weighted by molar-refractivity contribution is -0.117. The number of carbonyl (C=O) groups excluding carboxylic acids is 1. The van der Waals surface area contributed by atoms with Gasteiger partial charge in [0.25, 0.3) is 0 Å². The molecule has 1 heterocycles. The van der Waals surface area contributed by atoms with E-state index in [9.17, 15) is 9.90 Å². The Labute approximate surface area is 98.2 Å². The van der Waals surface area contributed by atoms with E-state index in [0.29, 0.717) is 18.3 Å². The van der Waals surface area contributed by atoms with E-state index in [4.69, 9.17) is 4.74 Å². The third kappa shape index (κ3) is 3.56. The van der Waals surface area contributed by atoms with Crippen molar-refractivity contribution in [2.75, 3.05) is 0 Å². The van der Waals surface area contributed by atoms with E-state index < -0.39 is 5.60 Å². The van der Waals surface area contributed by atoms with E-state index in [0.717, 1.165) is 6.42 Å². The summed E-state index contributed by atoms with van der Waals surface area (Å²) in [5.74, 6) is 1.09. The average molecular weight is 228 g/mol. The van der Waals surface area contributed by atoms with Crippen LogP contribution in [0.3, 0.4) is 0 Å². The topological polar surface area (TPSA) is 49.8 Å². The van der Waals surface area contributed by atoms with Gasteiger partial charge < -0.3 is 14.6 Å². The number of rotatable bonds is 6. The molecule has 0 saturated carbocycles. The minimum atomic E-state index is -0.770. The zero-order valence-electron chi connectivity index (χ0n) is 11.0. The van der Waals surface area contributed by atoms with Gasteiger partial charge >= 0.3 is 0 Å². The fourth-order valence-electron chi connectivity index (χ4n) is 2.26. The molecule has 1 saturated heterocycles. The quantitative estimate of drug-likeness (QED) is 0.709. The maximum Gasteiger partial charge on any atom is 0.129 e. The van der Waals surface area contributed by atoms with Crippen LogP contribution >= 0.6 is 0 Å². The van der Waals surface area contributed by atoms with Gasteiger partial charge in [-0.25, -0.2) is 0 Å². The summed E-state index contributed by atoms with van der Waals surface area (Å²) in [5.41, 5.74) is -0.770. The van der Waals surface area contributed by atoms with E-state index in [-0.39, 0.29) is 18.0 Å². The molecular weight excluding hydrogens is 204 g/mol. The number of carbonyl (C=O) groups is 1. The third-order valence-electron chi connectivity index (χ3n) is 3.33. The van der Waals surface area contributed by atoms with Crippen molar-refractivity contribution in [1.82, 2.24) is 0 Å². The molecule has 0 radical (unpaired) electrons. The highest BCUT2D eigenvalue weighted by Gasteiger charge is 2.52. The molecule has 1 aliphatic rings. The highest BCUT2D eigenvalue weighted by atomic mass is 16.6. The van der Waals surface area contributed by atoms with Crippen molar-refractivity contribution in [2.45, 2.75) is 65.3 Å². The first-order valence-electron chi connectivity index (χ1n) is 6.10. The van der Waals surface area contributed by atoms with Crippen molar-refractivity contribution in [3.05, 3.63) is 0 Å². The van der Waals surface area contributed by atoms with E-state index in [1.807, 2.05) is 0 Å². The lowest BCUT2D eigenvalue weighted by atomic mass is 9.84. The Morgan fingerprint density at radius 1 is 1.44 bits per heavy atom. The largest absolute Gasteiger partial charge is 0.388 e. The van der Waals surface area contributed by atoms with Crippen LogP contribution in [0.1, 0.15) is 47.5 Å². The van der Waals surface area contributed by atoms with Gasteiger partial charge in [-0.2, -0.15) is 0 Å². The predicted molar refractivity (Wildman–Crippen MR) is 63.2 cm³/mol. The van der Waals surface area contributed by atoms with Crippen LogP contribution < -0.4 is 0 Å². The number of hydrogen-bond donors (Lipinski definition) is 1. The molecule has 16 heavy (non-hydrogen) atoms. The number of Topliss-reactive ketones (excluding diaryl/α,β-unsaturated/α-hetero) is 1. The summed E-state index contributed by atoms with van der Waals surface area (Å²) in [6.07, 6.45) is 1.54. The fraction of sp³-hybridized carbons (Fsp3) is 0.923. The van der Waals surface area contributed by atoms with Gasteiger partial charge in [-0.1, -0.05) is 13.8 Å². The van der Waals surface area contributed by atoms with E-state index >= 15 is 0 Å². The van der Waals surface area contributed by atoms with Crippen molar-refractivity contribution >= 4 is 5.78 Å². The minimum Gasteiger partial charge on any atom is -0.388 e. The summed E-state index contributed by atoms with van der Waals surface area (Å²) in [7, 11) is 0. The molecule has 1 aliphatic heterocycles. The zero-order chi connectivity index (χ0) is 12.5. The molecule has 3 atom stereocenters. The molecule has 0 aromatic carbocycles. The lowest BCUT2D eigenvalue weighted by Crippen LogP contribution is -2.31. The first kappa shape index (κ1) is 13.7. The molecule has 0 spiro atoms. The Morgan fingerprint density at radius 2 is 2.00 bits per heavy atom. The second kappa shape index (κ2) is 4.84. The van der Waals surface area contributed by atoms with Gasteiger partial charge in [0.15, 0.2) is 0 Å². The van der Waals surface area contributed by atoms with Crippen LogP contribution in [0.2, 0.25) is 0 Å². The molecule has 1 rings (SSSR count). The Hall–Kier alpha value is -0.410. The summed E-state index contributed by atoms with van der Waals surface area (Å²) in [6.45, 7) is 9.47. The summed E-state index contributed by atoms with van der Waals surface area (Å²) in [4.78, 5) is 11.0. The standard InChI is InChI=1S/C13H24O3/c1-8(2)10(7-6-9(3)14)11-12(16-11)13(4,5)15/h8,10-12,15H,6-7H2,1-5H3/t10-,11-,12+/m1/s1. The van der Waals surface area contributed by atoms with Gasteiger partial charge in [0.05, 0.1) is 11.7 Å². The first-order chi connectivity index (χ1) is 7.23. The SMILES string of the molecule is CC(=O)CC[C@H](C(C)C)[C@H]1O[C@@H]1C(C)(C)O. The van der Waals surface area contributed by atoms with E-state index in [1.54, 1.807) is 20.8 Å². The van der Waals surface area contributed by atoms with Crippen molar-refractivity contribution in [1.29, 1.82) is 0 Å². The van der Waals surface area contributed by atoms with Gasteiger partial charge in [-0.05, 0) is 39.0 Å². The zero-order valence-corrected chi connectivity index (χ0v) is 11.0. The van der Waals surface area contributed by atoms with Crippen LogP contribution in [-0.4, -0.2) is 28.7 Å². The predicted octanol–water partition coefficient (Wildman–Crippen LogP) is 2.17. The number of ketones is 1. The molecule has 94 valence electrons. The van der Waals surface area contributed by atoms with Crippen LogP contribution in [0.25, 0.3) is 0 Å². The molecule has 0 amide bonds. The van der Waals surface area contributed by atoms with Gasteiger partial charge in [0.1, 0.15) is 11.9 Å². The Kier molecular flexibility index (Phi) is 4.13. The molecule has 0 unspecified atom stereocenters.